The number of hydrogen-bond acceptors (Lipinski definition) is 4. The normalized spacial score (nSPS) is 13.0. The molecule has 0 unspecified atom stereocenters. The summed E-state index contributed by atoms with van der Waals surface area (Å²) in [6.45, 7) is 3.50. The van der Waals surface area contributed by atoms with Crippen LogP contribution in [0.2, 0.25) is 5.15 Å². The van der Waals surface area contributed by atoms with Crippen molar-refractivity contribution in [3.63, 3.8) is 0 Å². The molecule has 25 heavy (non-hydrogen) atoms. The number of benzene rings is 1. The molecule has 3 rings (SSSR count). The molecule has 2 heterocycles. The van der Waals surface area contributed by atoms with Gasteiger partial charge in [0.1, 0.15) is 16.8 Å². The van der Waals surface area contributed by atoms with Crippen LogP contribution >= 0.6 is 11.6 Å². The molecule has 3 aromatic rings. The Kier molecular flexibility index (Phi) is 4.51. The second-order valence-corrected chi connectivity index (χ2v) is 6.02. The van der Waals surface area contributed by atoms with Crippen molar-refractivity contribution in [2.45, 2.75) is 26.1 Å². The van der Waals surface area contributed by atoms with Gasteiger partial charge >= 0.3 is 6.18 Å². The first-order valence-electron chi connectivity index (χ1n) is 7.47. The van der Waals surface area contributed by atoms with E-state index in [1.165, 1.54) is 12.3 Å². The van der Waals surface area contributed by atoms with Crippen molar-refractivity contribution in [3.8, 4) is 0 Å². The quantitative estimate of drug-likeness (QED) is 0.649. The number of hydrogen-bond donors (Lipinski definition) is 1. The van der Waals surface area contributed by atoms with Crippen LogP contribution in [0.4, 0.5) is 19.0 Å². The van der Waals surface area contributed by atoms with Crippen LogP contribution < -0.4 is 5.32 Å². The fourth-order valence-corrected chi connectivity index (χ4v) is 2.66. The summed E-state index contributed by atoms with van der Waals surface area (Å²) < 4.78 is 38.7. The molecule has 1 N–H and O–H groups in total. The fraction of sp³-hybridized carbons (Fsp3) is 0.235. The molecular formula is C17H14ClF3N4. The van der Waals surface area contributed by atoms with Crippen molar-refractivity contribution >= 4 is 28.3 Å². The van der Waals surface area contributed by atoms with Crippen molar-refractivity contribution in [2.24, 2.45) is 0 Å². The number of aryl methyl sites for hydroxylation is 1. The molecule has 0 saturated carbocycles. The van der Waals surface area contributed by atoms with Crippen molar-refractivity contribution < 1.29 is 13.2 Å². The van der Waals surface area contributed by atoms with E-state index in [9.17, 15) is 13.2 Å². The Balaban J connectivity index is 1.97. The summed E-state index contributed by atoms with van der Waals surface area (Å²) in [5.41, 5.74) is 0.421. The lowest BCUT2D eigenvalue weighted by molar-refractivity contribution is -0.137. The number of rotatable bonds is 3. The predicted octanol–water partition coefficient (Wildman–Crippen LogP) is 5.18. The van der Waals surface area contributed by atoms with Gasteiger partial charge in [0.2, 0.25) is 0 Å². The van der Waals surface area contributed by atoms with Crippen LogP contribution in [0.25, 0.3) is 10.9 Å². The fourth-order valence-electron chi connectivity index (χ4n) is 2.51. The van der Waals surface area contributed by atoms with Gasteiger partial charge in [-0.25, -0.2) is 15.0 Å². The number of nitrogens with one attached hydrogen (secondary N) is 1. The van der Waals surface area contributed by atoms with Crippen molar-refractivity contribution in [2.75, 3.05) is 5.32 Å². The monoisotopic (exact) mass is 366 g/mol. The van der Waals surface area contributed by atoms with E-state index in [2.05, 4.69) is 20.3 Å². The SMILES string of the molecule is Cc1nc(N[C@H](C)c2cccc(C(F)(F)F)c2)c2cc(Cl)ncc2n1. The van der Waals surface area contributed by atoms with Crippen molar-refractivity contribution in [3.05, 3.63) is 58.6 Å². The Morgan fingerprint density at radius 3 is 2.64 bits per heavy atom. The lowest BCUT2D eigenvalue weighted by atomic mass is 10.0. The van der Waals surface area contributed by atoms with Gasteiger partial charge in [-0.05, 0) is 37.6 Å². The molecule has 4 nitrogen and oxygen atoms in total. The third-order valence-electron chi connectivity index (χ3n) is 3.73. The van der Waals surface area contributed by atoms with Crippen molar-refractivity contribution in [1.82, 2.24) is 15.0 Å². The van der Waals surface area contributed by atoms with E-state index >= 15 is 0 Å². The standard InChI is InChI=1S/C17H14ClF3N4/c1-9(11-4-3-5-12(6-11)17(19,20)21)23-16-13-7-15(18)22-8-14(13)24-10(2)25-16/h3-9H,1-2H3,(H,23,24,25)/t9-/m1/s1. The second kappa shape index (κ2) is 6.48. The van der Waals surface area contributed by atoms with Crippen LogP contribution in [0.15, 0.2) is 36.5 Å². The maximum absolute atomic E-state index is 12.9. The first kappa shape index (κ1) is 17.4. The number of aromatic nitrogens is 3. The minimum atomic E-state index is -4.38. The predicted molar refractivity (Wildman–Crippen MR) is 90.6 cm³/mol. The number of nitrogens with zero attached hydrogens (tertiary/aromatic N) is 3. The van der Waals surface area contributed by atoms with Crippen LogP contribution in [0.5, 0.6) is 0 Å². The molecule has 0 amide bonds. The average Bonchev–Trinajstić information content (AvgIpc) is 2.55. The summed E-state index contributed by atoms with van der Waals surface area (Å²) in [6, 6.07) is 6.43. The second-order valence-electron chi connectivity index (χ2n) is 5.63. The molecule has 0 aliphatic heterocycles. The van der Waals surface area contributed by atoms with E-state index in [1.807, 2.05) is 0 Å². The van der Waals surface area contributed by atoms with Gasteiger partial charge in [-0.3, -0.25) is 0 Å². The summed E-state index contributed by atoms with van der Waals surface area (Å²) in [7, 11) is 0. The largest absolute Gasteiger partial charge is 0.416 e. The van der Waals surface area contributed by atoms with Crippen LogP contribution in [0.3, 0.4) is 0 Å². The molecule has 0 aliphatic carbocycles. The molecule has 1 aromatic carbocycles. The van der Waals surface area contributed by atoms with E-state index in [1.54, 1.807) is 26.0 Å². The molecule has 8 heteroatoms. The summed E-state index contributed by atoms with van der Waals surface area (Å²) >= 11 is 5.94. The highest BCUT2D eigenvalue weighted by molar-refractivity contribution is 6.30. The third kappa shape index (κ3) is 3.82. The van der Waals surface area contributed by atoms with Gasteiger partial charge in [0, 0.05) is 11.4 Å². The molecule has 0 saturated heterocycles. The maximum atomic E-state index is 12.9. The molecular weight excluding hydrogens is 353 g/mol. The average molecular weight is 367 g/mol. The highest BCUT2D eigenvalue weighted by Gasteiger charge is 2.30. The molecule has 2 aromatic heterocycles. The van der Waals surface area contributed by atoms with Gasteiger partial charge < -0.3 is 5.32 Å². The van der Waals surface area contributed by atoms with E-state index in [0.29, 0.717) is 28.1 Å². The summed E-state index contributed by atoms with van der Waals surface area (Å²) in [6.07, 6.45) is -2.85. The lowest BCUT2D eigenvalue weighted by Crippen LogP contribution is -2.12. The summed E-state index contributed by atoms with van der Waals surface area (Å²) in [5.74, 6) is 1.02. The van der Waals surface area contributed by atoms with Crippen LogP contribution in [-0.2, 0) is 6.18 Å². The summed E-state index contributed by atoms with van der Waals surface area (Å²) in [5, 5.41) is 4.09. The van der Waals surface area contributed by atoms with E-state index in [-0.39, 0.29) is 5.15 Å². The van der Waals surface area contributed by atoms with E-state index < -0.39 is 17.8 Å². The Labute approximate surface area is 147 Å². The zero-order valence-corrected chi connectivity index (χ0v) is 14.2. The number of pyridine rings is 1. The molecule has 0 fully saturated rings. The Bertz CT molecular complexity index is 927. The highest BCUT2D eigenvalue weighted by atomic mass is 35.5. The minimum absolute atomic E-state index is 0.287. The van der Waals surface area contributed by atoms with E-state index in [4.69, 9.17) is 11.6 Å². The van der Waals surface area contributed by atoms with Crippen molar-refractivity contribution in [1.29, 1.82) is 0 Å². The van der Waals surface area contributed by atoms with Crippen LogP contribution in [0.1, 0.15) is 29.9 Å². The van der Waals surface area contributed by atoms with Crippen LogP contribution in [0, 0.1) is 6.92 Å². The lowest BCUT2D eigenvalue weighted by Gasteiger charge is -2.18. The first-order chi connectivity index (χ1) is 11.7. The summed E-state index contributed by atoms with van der Waals surface area (Å²) in [4.78, 5) is 12.6. The Hall–Kier alpha value is -2.41. The minimum Gasteiger partial charge on any atom is -0.363 e. The van der Waals surface area contributed by atoms with Gasteiger partial charge in [-0.15, -0.1) is 0 Å². The molecule has 0 bridgehead atoms. The van der Waals surface area contributed by atoms with Gasteiger partial charge in [-0.1, -0.05) is 23.7 Å². The Morgan fingerprint density at radius 2 is 1.92 bits per heavy atom. The van der Waals surface area contributed by atoms with Gasteiger partial charge in [-0.2, -0.15) is 13.2 Å². The maximum Gasteiger partial charge on any atom is 0.416 e. The first-order valence-corrected chi connectivity index (χ1v) is 7.85. The third-order valence-corrected chi connectivity index (χ3v) is 3.93. The molecule has 0 radical (unpaired) electrons. The highest BCUT2D eigenvalue weighted by Crippen LogP contribution is 2.32. The smallest absolute Gasteiger partial charge is 0.363 e. The Morgan fingerprint density at radius 1 is 1.16 bits per heavy atom. The number of fused-ring (bicyclic) bond motifs is 1. The van der Waals surface area contributed by atoms with Gasteiger partial charge in [0.25, 0.3) is 0 Å². The number of alkyl halides is 3. The van der Waals surface area contributed by atoms with Crippen LogP contribution in [-0.4, -0.2) is 15.0 Å². The van der Waals surface area contributed by atoms with E-state index in [0.717, 1.165) is 12.1 Å². The zero-order chi connectivity index (χ0) is 18.2. The molecule has 130 valence electrons. The zero-order valence-electron chi connectivity index (χ0n) is 13.4. The van der Waals surface area contributed by atoms with Gasteiger partial charge in [0.15, 0.2) is 0 Å². The molecule has 1 atom stereocenters. The number of halogens is 4. The topological polar surface area (TPSA) is 50.7 Å². The number of anilines is 1. The molecule has 0 aliphatic rings. The molecule has 0 spiro atoms. The van der Waals surface area contributed by atoms with Gasteiger partial charge in [0.05, 0.1) is 17.3 Å².